The fourth-order valence-corrected chi connectivity index (χ4v) is 2.37. The third-order valence-electron chi connectivity index (χ3n) is 3.83. The Balaban J connectivity index is 1.86. The van der Waals surface area contributed by atoms with Gasteiger partial charge in [0.05, 0.1) is 27.4 Å². The van der Waals surface area contributed by atoms with Gasteiger partial charge in [-0.15, -0.1) is 0 Å². The van der Waals surface area contributed by atoms with Gasteiger partial charge in [-0.25, -0.2) is 9.59 Å². The number of rotatable bonds is 10. The van der Waals surface area contributed by atoms with Gasteiger partial charge in [0.1, 0.15) is 18.1 Å². The predicted octanol–water partition coefficient (Wildman–Crippen LogP) is 2.60. The lowest BCUT2D eigenvalue weighted by Crippen LogP contribution is -2.44. The molecule has 0 fully saturated rings. The molecule has 0 aliphatic rings. The topological polar surface area (TPSA) is 103 Å². The van der Waals surface area contributed by atoms with E-state index in [1.165, 1.54) is 14.2 Å². The van der Waals surface area contributed by atoms with E-state index in [4.69, 9.17) is 18.9 Å². The first-order valence-electron chi connectivity index (χ1n) is 8.52. The number of ether oxygens (including phenoxy) is 4. The minimum absolute atomic E-state index is 0.108. The molecule has 0 radical (unpaired) electrons. The molecule has 150 valence electrons. The maximum absolute atomic E-state index is 12.0. The smallest absolute Gasteiger partial charge is 0.408 e. The van der Waals surface area contributed by atoms with Crippen LogP contribution in [0.3, 0.4) is 0 Å². The highest BCUT2D eigenvalue weighted by Gasteiger charge is 2.21. The summed E-state index contributed by atoms with van der Waals surface area (Å²) in [7, 11) is 3.02. The van der Waals surface area contributed by atoms with E-state index < -0.39 is 18.1 Å². The number of benzene rings is 2. The Hall–Kier alpha value is -3.26. The van der Waals surface area contributed by atoms with Gasteiger partial charge in [-0.2, -0.15) is 0 Å². The van der Waals surface area contributed by atoms with Crippen LogP contribution < -0.4 is 14.8 Å². The molecular formula is C20H23NO7. The van der Waals surface area contributed by atoms with E-state index in [2.05, 4.69) is 5.32 Å². The SMILES string of the molecule is COc1ccc(OC)c(COC(=O)N[C@@H](COCc2ccccc2)C(=O)O)c1. The number of aliphatic carboxylic acids is 1. The molecule has 0 aliphatic heterocycles. The van der Waals surface area contributed by atoms with Crippen LogP contribution in [0.25, 0.3) is 0 Å². The molecule has 2 N–H and O–H groups in total. The molecule has 0 unspecified atom stereocenters. The van der Waals surface area contributed by atoms with Gasteiger partial charge in [0.25, 0.3) is 0 Å². The predicted molar refractivity (Wildman–Crippen MR) is 100 cm³/mol. The average Bonchev–Trinajstić information content (AvgIpc) is 2.71. The van der Waals surface area contributed by atoms with E-state index in [1.54, 1.807) is 18.2 Å². The Bertz CT molecular complexity index is 779. The van der Waals surface area contributed by atoms with Crippen LogP contribution in [0.5, 0.6) is 11.5 Å². The number of amides is 1. The van der Waals surface area contributed by atoms with E-state index in [9.17, 15) is 14.7 Å². The Labute approximate surface area is 163 Å². The second-order valence-electron chi connectivity index (χ2n) is 5.79. The Morgan fingerprint density at radius 2 is 1.79 bits per heavy atom. The molecule has 0 aromatic heterocycles. The lowest BCUT2D eigenvalue weighted by molar-refractivity contribution is -0.141. The van der Waals surface area contributed by atoms with Crippen molar-refractivity contribution in [3.05, 3.63) is 59.7 Å². The maximum Gasteiger partial charge on any atom is 0.408 e. The van der Waals surface area contributed by atoms with Gasteiger partial charge in [0.2, 0.25) is 0 Å². The van der Waals surface area contributed by atoms with E-state index >= 15 is 0 Å². The highest BCUT2D eigenvalue weighted by Crippen LogP contribution is 2.24. The molecule has 1 amide bonds. The third kappa shape index (κ3) is 6.48. The lowest BCUT2D eigenvalue weighted by Gasteiger charge is -2.16. The van der Waals surface area contributed by atoms with Crippen molar-refractivity contribution >= 4 is 12.1 Å². The molecule has 8 nitrogen and oxygen atoms in total. The summed E-state index contributed by atoms with van der Waals surface area (Å²) in [5, 5.41) is 11.5. The van der Waals surface area contributed by atoms with Crippen molar-refractivity contribution < 1.29 is 33.6 Å². The first-order chi connectivity index (χ1) is 13.5. The Kier molecular flexibility index (Phi) is 8.11. The zero-order chi connectivity index (χ0) is 20.4. The molecule has 0 spiro atoms. The molecular weight excluding hydrogens is 366 g/mol. The molecule has 0 saturated heterocycles. The van der Waals surface area contributed by atoms with E-state index in [0.717, 1.165) is 5.56 Å². The number of methoxy groups -OCH3 is 2. The van der Waals surface area contributed by atoms with Crippen LogP contribution in [-0.2, 0) is 27.5 Å². The molecule has 0 heterocycles. The Morgan fingerprint density at radius 1 is 1.04 bits per heavy atom. The monoisotopic (exact) mass is 389 g/mol. The van der Waals surface area contributed by atoms with Crippen molar-refractivity contribution in [3.8, 4) is 11.5 Å². The summed E-state index contributed by atoms with van der Waals surface area (Å²) in [6.45, 7) is -0.0619. The summed E-state index contributed by atoms with van der Waals surface area (Å²) >= 11 is 0. The molecule has 0 aliphatic carbocycles. The van der Waals surface area contributed by atoms with Gasteiger partial charge in [0.15, 0.2) is 6.04 Å². The van der Waals surface area contributed by atoms with Crippen molar-refractivity contribution in [1.82, 2.24) is 5.32 Å². The molecule has 2 rings (SSSR count). The van der Waals surface area contributed by atoms with Gasteiger partial charge in [-0.3, -0.25) is 0 Å². The molecule has 0 bridgehead atoms. The highest BCUT2D eigenvalue weighted by atomic mass is 16.6. The summed E-state index contributed by atoms with van der Waals surface area (Å²) in [5.41, 5.74) is 1.49. The molecule has 0 saturated carbocycles. The van der Waals surface area contributed by atoms with Gasteiger partial charge in [-0.05, 0) is 23.8 Å². The number of hydrogen-bond acceptors (Lipinski definition) is 6. The van der Waals surface area contributed by atoms with Gasteiger partial charge >= 0.3 is 12.1 Å². The number of alkyl carbamates (subject to hydrolysis) is 1. The van der Waals surface area contributed by atoms with Crippen LogP contribution in [0.15, 0.2) is 48.5 Å². The molecule has 2 aromatic carbocycles. The third-order valence-corrected chi connectivity index (χ3v) is 3.83. The van der Waals surface area contributed by atoms with Crippen LogP contribution in [-0.4, -0.2) is 44.0 Å². The summed E-state index contributed by atoms with van der Waals surface area (Å²) < 4.78 is 20.8. The van der Waals surface area contributed by atoms with Crippen LogP contribution in [0.1, 0.15) is 11.1 Å². The first-order valence-corrected chi connectivity index (χ1v) is 8.52. The summed E-state index contributed by atoms with van der Waals surface area (Å²) in [6.07, 6.45) is -0.874. The number of carboxylic acids is 1. The quantitative estimate of drug-likeness (QED) is 0.644. The largest absolute Gasteiger partial charge is 0.497 e. The first kappa shape index (κ1) is 21.0. The average molecular weight is 389 g/mol. The fourth-order valence-electron chi connectivity index (χ4n) is 2.37. The summed E-state index contributed by atoms with van der Waals surface area (Å²) in [5.74, 6) is -0.115. The van der Waals surface area contributed by atoms with Crippen molar-refractivity contribution in [2.24, 2.45) is 0 Å². The number of carbonyl (C=O) groups excluding carboxylic acids is 1. The van der Waals surface area contributed by atoms with Crippen molar-refractivity contribution in [1.29, 1.82) is 0 Å². The minimum atomic E-state index is -1.23. The van der Waals surface area contributed by atoms with Gasteiger partial charge < -0.3 is 29.4 Å². The zero-order valence-corrected chi connectivity index (χ0v) is 15.7. The van der Waals surface area contributed by atoms with Crippen molar-refractivity contribution in [2.45, 2.75) is 19.3 Å². The standard InChI is InChI=1S/C20H23NO7/c1-25-16-8-9-18(26-2)15(10-16)12-28-20(24)21-17(19(22)23)13-27-11-14-6-4-3-5-7-14/h3-10,17H,11-13H2,1-2H3,(H,21,24)(H,22,23)/t17-/m0/s1. The second-order valence-corrected chi connectivity index (χ2v) is 5.79. The van der Waals surface area contributed by atoms with Crippen LogP contribution in [0, 0.1) is 0 Å². The molecule has 1 atom stereocenters. The maximum atomic E-state index is 12.0. The van der Waals surface area contributed by atoms with E-state index in [1.807, 2.05) is 30.3 Å². The van der Waals surface area contributed by atoms with Gasteiger partial charge in [0, 0.05) is 5.56 Å². The van der Waals surface area contributed by atoms with Crippen LogP contribution >= 0.6 is 0 Å². The molecule has 8 heteroatoms. The highest BCUT2D eigenvalue weighted by molar-refractivity contribution is 5.80. The van der Waals surface area contributed by atoms with E-state index in [0.29, 0.717) is 17.1 Å². The lowest BCUT2D eigenvalue weighted by atomic mass is 10.2. The molecule has 2 aromatic rings. The minimum Gasteiger partial charge on any atom is -0.497 e. The van der Waals surface area contributed by atoms with Crippen molar-refractivity contribution in [3.63, 3.8) is 0 Å². The van der Waals surface area contributed by atoms with Gasteiger partial charge in [-0.1, -0.05) is 30.3 Å². The fraction of sp³-hybridized carbons (Fsp3) is 0.300. The normalized spacial score (nSPS) is 11.4. The number of carboxylic acid groups (broad SMARTS) is 1. The van der Waals surface area contributed by atoms with Crippen molar-refractivity contribution in [2.75, 3.05) is 20.8 Å². The van der Waals surface area contributed by atoms with E-state index in [-0.39, 0.29) is 19.8 Å². The van der Waals surface area contributed by atoms with Crippen LogP contribution in [0.4, 0.5) is 4.79 Å². The summed E-state index contributed by atoms with van der Waals surface area (Å²) in [6, 6.07) is 13.1. The Morgan fingerprint density at radius 3 is 2.43 bits per heavy atom. The second kappa shape index (κ2) is 10.8. The number of hydrogen-bond donors (Lipinski definition) is 2. The zero-order valence-electron chi connectivity index (χ0n) is 15.7. The summed E-state index contributed by atoms with van der Waals surface area (Å²) in [4.78, 5) is 23.3. The van der Waals surface area contributed by atoms with Crippen LogP contribution in [0.2, 0.25) is 0 Å². The number of nitrogens with one attached hydrogen (secondary N) is 1. The molecule has 28 heavy (non-hydrogen) atoms. The number of carbonyl (C=O) groups is 2.